The maximum absolute atomic E-state index is 7.60. The van der Waals surface area contributed by atoms with E-state index in [-0.39, 0.29) is 5.84 Å². The number of nitrogens with one attached hydrogen (secondary N) is 1. The fraction of sp³-hybridized carbons (Fsp3) is 0.0714. The van der Waals surface area contributed by atoms with Crippen molar-refractivity contribution in [2.45, 2.75) is 16.7 Å². The molecule has 92 valence electrons. The van der Waals surface area contributed by atoms with Crippen LogP contribution < -0.4 is 5.73 Å². The minimum atomic E-state index is -0.00443. The average Bonchev–Trinajstić information content (AvgIpc) is 2.32. The first-order valence-electron chi connectivity index (χ1n) is 5.45. The number of rotatable bonds is 3. The molecule has 3 N–H and O–H groups in total. The van der Waals surface area contributed by atoms with Gasteiger partial charge < -0.3 is 5.73 Å². The van der Waals surface area contributed by atoms with Crippen molar-refractivity contribution in [2.75, 3.05) is 0 Å². The van der Waals surface area contributed by atoms with Crippen molar-refractivity contribution in [1.29, 1.82) is 5.41 Å². The lowest BCUT2D eigenvalue weighted by Crippen LogP contribution is -2.12. The first kappa shape index (κ1) is 13.0. The molecule has 0 aliphatic rings. The maximum Gasteiger partial charge on any atom is 0.125 e. The van der Waals surface area contributed by atoms with Crippen molar-refractivity contribution in [3.05, 3.63) is 58.6 Å². The second kappa shape index (κ2) is 5.46. The molecule has 4 heteroatoms. The van der Waals surface area contributed by atoms with E-state index in [2.05, 4.69) is 19.1 Å². The fourth-order valence-electron chi connectivity index (χ4n) is 1.58. The van der Waals surface area contributed by atoms with Crippen LogP contribution >= 0.6 is 23.4 Å². The van der Waals surface area contributed by atoms with Gasteiger partial charge in [-0.1, -0.05) is 47.1 Å². The van der Waals surface area contributed by atoms with Crippen LogP contribution in [0.25, 0.3) is 0 Å². The monoisotopic (exact) mass is 276 g/mol. The van der Waals surface area contributed by atoms with Gasteiger partial charge in [0, 0.05) is 15.4 Å². The van der Waals surface area contributed by atoms with Crippen LogP contribution in [0.5, 0.6) is 0 Å². The van der Waals surface area contributed by atoms with Crippen LogP contribution in [0, 0.1) is 12.3 Å². The Bertz CT molecular complexity index is 579. The molecule has 18 heavy (non-hydrogen) atoms. The zero-order valence-electron chi connectivity index (χ0n) is 9.91. The van der Waals surface area contributed by atoms with E-state index in [0.29, 0.717) is 10.6 Å². The standard InChI is InChI=1S/C14H13ClN2S/c1-9-5-7-10(8-6-9)18-12-4-2-3-11(15)13(12)14(16)17/h2-8H,1H3,(H3,16,17). The SMILES string of the molecule is Cc1ccc(Sc2cccc(Cl)c2C(=N)N)cc1. The number of hydrogen-bond acceptors (Lipinski definition) is 2. The summed E-state index contributed by atoms with van der Waals surface area (Å²) >= 11 is 7.64. The molecule has 0 saturated heterocycles. The summed E-state index contributed by atoms with van der Waals surface area (Å²) in [7, 11) is 0. The number of nitrogen functional groups attached to an aromatic ring is 1. The van der Waals surface area contributed by atoms with Gasteiger partial charge in [0.15, 0.2) is 0 Å². The smallest absolute Gasteiger partial charge is 0.125 e. The molecule has 0 unspecified atom stereocenters. The Morgan fingerprint density at radius 3 is 2.44 bits per heavy atom. The van der Waals surface area contributed by atoms with Crippen molar-refractivity contribution in [3.8, 4) is 0 Å². The molecule has 0 spiro atoms. The molecule has 0 aromatic heterocycles. The van der Waals surface area contributed by atoms with Crippen molar-refractivity contribution < 1.29 is 0 Å². The van der Waals surface area contributed by atoms with E-state index in [4.69, 9.17) is 22.7 Å². The second-order valence-electron chi connectivity index (χ2n) is 3.94. The number of hydrogen-bond donors (Lipinski definition) is 2. The van der Waals surface area contributed by atoms with Crippen LogP contribution in [0.1, 0.15) is 11.1 Å². The van der Waals surface area contributed by atoms with Crippen molar-refractivity contribution in [3.63, 3.8) is 0 Å². The second-order valence-corrected chi connectivity index (χ2v) is 5.46. The molecule has 2 aromatic rings. The quantitative estimate of drug-likeness (QED) is 0.655. The third-order valence-corrected chi connectivity index (χ3v) is 3.88. The summed E-state index contributed by atoms with van der Waals surface area (Å²) in [6, 6.07) is 13.7. The van der Waals surface area contributed by atoms with E-state index in [1.165, 1.54) is 5.56 Å². The van der Waals surface area contributed by atoms with Crippen LogP contribution in [0.4, 0.5) is 0 Å². The van der Waals surface area contributed by atoms with Crippen molar-refractivity contribution >= 4 is 29.2 Å². The molecular formula is C14H13ClN2S. The predicted octanol–water partition coefficient (Wildman–Crippen LogP) is 4.08. The van der Waals surface area contributed by atoms with E-state index in [1.54, 1.807) is 17.8 Å². The van der Waals surface area contributed by atoms with Crippen LogP contribution in [0.3, 0.4) is 0 Å². The maximum atomic E-state index is 7.60. The van der Waals surface area contributed by atoms with Crippen LogP contribution in [0.15, 0.2) is 52.3 Å². The largest absolute Gasteiger partial charge is 0.384 e. The van der Waals surface area contributed by atoms with Gasteiger partial charge in [0.25, 0.3) is 0 Å². The number of aryl methyl sites for hydroxylation is 1. The van der Waals surface area contributed by atoms with E-state index in [9.17, 15) is 0 Å². The van der Waals surface area contributed by atoms with Gasteiger partial charge in [-0.05, 0) is 31.2 Å². The van der Waals surface area contributed by atoms with Crippen molar-refractivity contribution in [2.24, 2.45) is 5.73 Å². The topological polar surface area (TPSA) is 49.9 Å². The molecule has 2 rings (SSSR count). The summed E-state index contributed by atoms with van der Waals surface area (Å²) in [5.41, 5.74) is 7.40. The molecule has 0 saturated carbocycles. The lowest BCUT2D eigenvalue weighted by molar-refractivity contribution is 1.32. The van der Waals surface area contributed by atoms with Gasteiger partial charge in [-0.15, -0.1) is 0 Å². The van der Waals surface area contributed by atoms with Crippen LogP contribution in [-0.2, 0) is 0 Å². The minimum absolute atomic E-state index is 0.00443. The molecule has 0 radical (unpaired) electrons. The Morgan fingerprint density at radius 1 is 1.17 bits per heavy atom. The summed E-state index contributed by atoms with van der Waals surface area (Å²) in [4.78, 5) is 2.00. The highest BCUT2D eigenvalue weighted by molar-refractivity contribution is 7.99. The van der Waals surface area contributed by atoms with Gasteiger partial charge in [0.1, 0.15) is 5.84 Å². The molecular weight excluding hydrogens is 264 g/mol. The van der Waals surface area contributed by atoms with Gasteiger partial charge >= 0.3 is 0 Å². The number of nitrogens with two attached hydrogens (primary N) is 1. The van der Waals surface area contributed by atoms with Gasteiger partial charge in [-0.3, -0.25) is 5.41 Å². The highest BCUT2D eigenvalue weighted by Gasteiger charge is 2.10. The number of benzene rings is 2. The predicted molar refractivity (Wildman–Crippen MR) is 77.8 cm³/mol. The Balaban J connectivity index is 2.37. The zero-order valence-corrected chi connectivity index (χ0v) is 11.5. The minimum Gasteiger partial charge on any atom is -0.384 e. The molecule has 0 aliphatic carbocycles. The van der Waals surface area contributed by atoms with E-state index < -0.39 is 0 Å². The molecule has 2 aromatic carbocycles. The van der Waals surface area contributed by atoms with Crippen molar-refractivity contribution in [1.82, 2.24) is 0 Å². The third kappa shape index (κ3) is 2.86. The molecule has 0 amide bonds. The molecule has 0 atom stereocenters. The lowest BCUT2D eigenvalue weighted by Gasteiger charge is -2.09. The fourth-order valence-corrected chi connectivity index (χ4v) is 2.91. The summed E-state index contributed by atoms with van der Waals surface area (Å²) in [5, 5.41) is 8.11. The van der Waals surface area contributed by atoms with Gasteiger partial charge in [-0.25, -0.2) is 0 Å². The lowest BCUT2D eigenvalue weighted by atomic mass is 10.2. The summed E-state index contributed by atoms with van der Waals surface area (Å²) in [6.45, 7) is 2.05. The highest BCUT2D eigenvalue weighted by atomic mass is 35.5. The number of amidine groups is 1. The Labute approximate surface area is 116 Å². The van der Waals surface area contributed by atoms with Gasteiger partial charge in [0.2, 0.25) is 0 Å². The van der Waals surface area contributed by atoms with E-state index >= 15 is 0 Å². The normalized spacial score (nSPS) is 10.3. The number of halogens is 1. The molecule has 0 heterocycles. The molecule has 0 fully saturated rings. The van der Waals surface area contributed by atoms with Crippen LogP contribution in [0.2, 0.25) is 5.02 Å². The van der Waals surface area contributed by atoms with Crippen LogP contribution in [-0.4, -0.2) is 5.84 Å². The summed E-state index contributed by atoms with van der Waals surface area (Å²) in [5.74, 6) is -0.00443. The van der Waals surface area contributed by atoms with Gasteiger partial charge in [-0.2, -0.15) is 0 Å². The third-order valence-electron chi connectivity index (χ3n) is 2.49. The highest BCUT2D eigenvalue weighted by Crippen LogP contribution is 2.33. The zero-order chi connectivity index (χ0) is 13.1. The first-order chi connectivity index (χ1) is 8.58. The Kier molecular flexibility index (Phi) is 3.94. The van der Waals surface area contributed by atoms with E-state index in [0.717, 1.165) is 9.79 Å². The average molecular weight is 277 g/mol. The van der Waals surface area contributed by atoms with E-state index in [1.807, 2.05) is 24.3 Å². The Hall–Kier alpha value is -1.45. The summed E-state index contributed by atoms with van der Waals surface area (Å²) < 4.78 is 0. The molecule has 2 nitrogen and oxygen atoms in total. The molecule has 0 bridgehead atoms. The molecule has 0 aliphatic heterocycles. The summed E-state index contributed by atoms with van der Waals surface area (Å²) in [6.07, 6.45) is 0. The van der Waals surface area contributed by atoms with Gasteiger partial charge in [0.05, 0.1) is 5.02 Å². The first-order valence-corrected chi connectivity index (χ1v) is 6.65. The Morgan fingerprint density at radius 2 is 1.83 bits per heavy atom.